The van der Waals surface area contributed by atoms with Crippen LogP contribution in [0.4, 0.5) is 18.9 Å². The lowest BCUT2D eigenvalue weighted by Crippen LogP contribution is -2.30. The third kappa shape index (κ3) is 5.49. The Kier molecular flexibility index (Phi) is 6.24. The number of benzene rings is 1. The maximum Gasteiger partial charge on any atom is 0.433 e. The fourth-order valence-electron chi connectivity index (χ4n) is 3.93. The highest BCUT2D eigenvalue weighted by Gasteiger charge is 2.33. The second-order valence-electron chi connectivity index (χ2n) is 9.67. The third-order valence-electron chi connectivity index (χ3n) is 6.07. The first-order chi connectivity index (χ1) is 17.5. The summed E-state index contributed by atoms with van der Waals surface area (Å²) >= 11 is 0. The van der Waals surface area contributed by atoms with Gasteiger partial charge in [0.1, 0.15) is 11.4 Å². The molecule has 1 saturated heterocycles. The van der Waals surface area contributed by atoms with E-state index in [1.54, 1.807) is 47.7 Å². The number of alkyl halides is 3. The van der Waals surface area contributed by atoms with E-state index in [1.807, 2.05) is 6.20 Å². The molecule has 1 aliphatic heterocycles. The van der Waals surface area contributed by atoms with Gasteiger partial charge in [-0.2, -0.15) is 23.4 Å². The average Bonchev–Trinajstić information content (AvgIpc) is 3.41. The Hall–Kier alpha value is -3.77. The monoisotopic (exact) mass is 514 g/mol. The van der Waals surface area contributed by atoms with Crippen LogP contribution in [-0.2, 0) is 17.5 Å². The van der Waals surface area contributed by atoms with E-state index in [9.17, 15) is 23.1 Å². The molecule has 37 heavy (non-hydrogen) atoms. The van der Waals surface area contributed by atoms with E-state index in [4.69, 9.17) is 4.74 Å². The van der Waals surface area contributed by atoms with E-state index >= 15 is 0 Å². The van der Waals surface area contributed by atoms with Gasteiger partial charge in [-0.25, -0.2) is 4.98 Å². The number of carbonyl (C=O) groups excluding carboxylic acids is 1. The van der Waals surface area contributed by atoms with Crippen LogP contribution in [0.3, 0.4) is 0 Å². The van der Waals surface area contributed by atoms with Crippen LogP contribution in [-0.4, -0.2) is 54.4 Å². The van der Waals surface area contributed by atoms with Gasteiger partial charge in [0.05, 0.1) is 36.6 Å². The Bertz CT molecular complexity index is 1450. The van der Waals surface area contributed by atoms with Gasteiger partial charge >= 0.3 is 6.18 Å². The molecule has 0 atom stereocenters. The van der Waals surface area contributed by atoms with Crippen molar-refractivity contribution in [1.82, 2.24) is 24.5 Å². The van der Waals surface area contributed by atoms with E-state index in [2.05, 4.69) is 20.5 Å². The smallest absolute Gasteiger partial charge is 0.390 e. The minimum atomic E-state index is -4.67. The van der Waals surface area contributed by atoms with Crippen LogP contribution in [0.25, 0.3) is 22.0 Å². The molecule has 12 heteroatoms. The van der Waals surface area contributed by atoms with Crippen molar-refractivity contribution in [3.8, 4) is 11.1 Å². The molecule has 9 nitrogen and oxygen atoms in total. The van der Waals surface area contributed by atoms with E-state index in [0.717, 1.165) is 12.1 Å². The summed E-state index contributed by atoms with van der Waals surface area (Å²) < 4.78 is 48.1. The lowest BCUT2D eigenvalue weighted by Gasteiger charge is -2.25. The van der Waals surface area contributed by atoms with E-state index in [-0.39, 0.29) is 11.7 Å². The van der Waals surface area contributed by atoms with Gasteiger partial charge in [0.2, 0.25) is 0 Å². The second kappa shape index (κ2) is 9.27. The van der Waals surface area contributed by atoms with E-state index in [0.29, 0.717) is 53.9 Å². The number of fused-ring (bicyclic) bond motifs is 1. The Morgan fingerprint density at radius 2 is 2.00 bits per heavy atom. The lowest BCUT2D eigenvalue weighted by atomic mass is 10.0. The van der Waals surface area contributed by atoms with Crippen molar-refractivity contribution in [3.05, 3.63) is 60.3 Å². The van der Waals surface area contributed by atoms with Gasteiger partial charge in [-0.05, 0) is 44.5 Å². The number of aryl methyl sites for hydroxylation is 1. The first-order valence-electron chi connectivity index (χ1n) is 11.7. The zero-order valence-electron chi connectivity index (χ0n) is 20.2. The molecule has 1 fully saturated rings. The molecule has 4 heterocycles. The fraction of sp³-hybridized carbons (Fsp3) is 0.360. The number of ether oxygens (including phenoxy) is 1. The van der Waals surface area contributed by atoms with Crippen molar-refractivity contribution in [3.63, 3.8) is 0 Å². The van der Waals surface area contributed by atoms with Crippen molar-refractivity contribution < 1.29 is 27.8 Å². The first kappa shape index (κ1) is 24.9. The highest BCUT2D eigenvalue weighted by molar-refractivity contribution is 6.07. The molecule has 0 unspecified atom stereocenters. The molecule has 0 aliphatic carbocycles. The number of pyridine rings is 1. The van der Waals surface area contributed by atoms with Gasteiger partial charge in [0, 0.05) is 41.1 Å². The molecule has 0 saturated carbocycles. The minimum Gasteiger partial charge on any atom is -0.390 e. The summed E-state index contributed by atoms with van der Waals surface area (Å²) in [6, 6.07) is 6.82. The topological polar surface area (TPSA) is 107 Å². The Morgan fingerprint density at radius 1 is 1.22 bits per heavy atom. The number of hydrogen-bond donors (Lipinski definition) is 2. The summed E-state index contributed by atoms with van der Waals surface area (Å²) in [5.74, 6) is -0.777. The molecule has 1 aliphatic rings. The molecular weight excluding hydrogens is 489 g/mol. The zero-order valence-corrected chi connectivity index (χ0v) is 20.2. The normalized spacial score (nSPS) is 14.6. The number of carbonyl (C=O) groups is 1. The van der Waals surface area contributed by atoms with Gasteiger partial charge < -0.3 is 15.2 Å². The van der Waals surface area contributed by atoms with Crippen molar-refractivity contribution in [2.45, 2.75) is 44.6 Å². The molecule has 4 aromatic rings. The molecule has 5 rings (SSSR count). The van der Waals surface area contributed by atoms with Gasteiger partial charge in [-0.3, -0.25) is 14.2 Å². The van der Waals surface area contributed by atoms with Gasteiger partial charge in [0.15, 0.2) is 0 Å². The molecule has 2 N–H and O–H groups in total. The Balaban J connectivity index is 1.51. The number of aliphatic hydroxyl groups is 1. The predicted molar refractivity (Wildman–Crippen MR) is 129 cm³/mol. The number of hydrogen-bond acceptors (Lipinski definition) is 6. The summed E-state index contributed by atoms with van der Waals surface area (Å²) in [5.41, 5.74) is -0.0276. The molecule has 0 bridgehead atoms. The lowest BCUT2D eigenvalue weighted by molar-refractivity contribution is -0.141. The third-order valence-corrected chi connectivity index (χ3v) is 6.07. The van der Waals surface area contributed by atoms with Crippen LogP contribution in [0.5, 0.6) is 0 Å². The van der Waals surface area contributed by atoms with Crippen LogP contribution in [0.1, 0.15) is 42.5 Å². The standard InChI is InChI=1S/C25H25F3N6O3/c1-24(2,36)6-7-33-11-15-8-21(31-23(35)19-4-3-5-22(30-19)25(26,27)28)18(9-20(15)32-33)16-10-29-34(12-16)17-13-37-14-17/h3-5,8-12,17,36H,6-7,13-14H2,1-2H3,(H,31,35). The first-order valence-corrected chi connectivity index (χ1v) is 11.7. The number of halogens is 3. The number of rotatable bonds is 7. The summed E-state index contributed by atoms with van der Waals surface area (Å²) in [6.45, 7) is 5.01. The van der Waals surface area contributed by atoms with E-state index < -0.39 is 23.4 Å². The number of aromatic nitrogens is 5. The van der Waals surface area contributed by atoms with Crippen LogP contribution in [0, 0.1) is 0 Å². The van der Waals surface area contributed by atoms with Crippen molar-refractivity contribution >= 4 is 22.5 Å². The quantitative estimate of drug-likeness (QED) is 0.381. The van der Waals surface area contributed by atoms with Crippen LogP contribution in [0.2, 0.25) is 0 Å². The highest BCUT2D eigenvalue weighted by Crippen LogP contribution is 2.34. The van der Waals surface area contributed by atoms with Crippen molar-refractivity contribution in [2.24, 2.45) is 0 Å². The summed E-state index contributed by atoms with van der Waals surface area (Å²) in [5, 5.41) is 22.5. The molecule has 3 aromatic heterocycles. The summed E-state index contributed by atoms with van der Waals surface area (Å²) in [4.78, 5) is 16.5. The number of nitrogens with one attached hydrogen (secondary N) is 1. The summed E-state index contributed by atoms with van der Waals surface area (Å²) in [6.07, 6.45) is 1.09. The minimum absolute atomic E-state index is 0.117. The van der Waals surface area contributed by atoms with Crippen LogP contribution in [0.15, 0.2) is 48.9 Å². The number of amides is 1. The van der Waals surface area contributed by atoms with Gasteiger partial charge in [-0.15, -0.1) is 0 Å². The summed E-state index contributed by atoms with van der Waals surface area (Å²) in [7, 11) is 0. The number of anilines is 1. The van der Waals surface area contributed by atoms with Crippen molar-refractivity contribution in [2.75, 3.05) is 18.5 Å². The van der Waals surface area contributed by atoms with Crippen LogP contribution < -0.4 is 5.32 Å². The Labute approximate surface area is 209 Å². The number of nitrogens with zero attached hydrogens (tertiary/aromatic N) is 5. The molecule has 0 radical (unpaired) electrons. The maximum atomic E-state index is 13.1. The maximum absolute atomic E-state index is 13.1. The van der Waals surface area contributed by atoms with Crippen molar-refractivity contribution in [1.29, 1.82) is 0 Å². The SMILES string of the molecule is CC(C)(O)CCn1cc2cc(NC(=O)c3cccc(C(F)(F)F)n3)c(-c3cnn(C4COC4)c3)cc2n1. The Morgan fingerprint density at radius 3 is 2.68 bits per heavy atom. The molecule has 0 spiro atoms. The van der Waals surface area contributed by atoms with Gasteiger partial charge in [0.25, 0.3) is 5.91 Å². The molecule has 1 amide bonds. The fourth-order valence-corrected chi connectivity index (χ4v) is 3.93. The molecule has 194 valence electrons. The second-order valence-corrected chi connectivity index (χ2v) is 9.67. The predicted octanol–water partition coefficient (Wildman–Crippen LogP) is 4.30. The average molecular weight is 515 g/mol. The largest absolute Gasteiger partial charge is 0.433 e. The molecular formula is C25H25F3N6O3. The highest BCUT2D eigenvalue weighted by atomic mass is 19.4. The van der Waals surface area contributed by atoms with E-state index in [1.165, 1.54) is 6.07 Å². The van der Waals surface area contributed by atoms with Crippen LogP contribution >= 0.6 is 0 Å². The van der Waals surface area contributed by atoms with Gasteiger partial charge in [-0.1, -0.05) is 6.07 Å². The molecule has 1 aromatic carbocycles. The zero-order chi connectivity index (χ0) is 26.4.